The van der Waals surface area contributed by atoms with Crippen molar-refractivity contribution >= 4 is 17.4 Å². The Morgan fingerprint density at radius 1 is 1.47 bits per heavy atom. The maximum atomic E-state index is 11.7. The summed E-state index contributed by atoms with van der Waals surface area (Å²) in [4.78, 5) is 14.1. The number of carbonyl (C=O) groups is 1. The number of nitrogens with zero attached hydrogens (tertiary/aromatic N) is 3. The molecule has 17 heavy (non-hydrogen) atoms. The molecule has 1 aliphatic carbocycles. The second-order valence-corrected chi connectivity index (χ2v) is 4.82. The Labute approximate surface area is 101 Å². The molecule has 2 aliphatic rings. The molecule has 1 saturated carbocycles. The first-order chi connectivity index (χ1) is 8.20. The van der Waals surface area contributed by atoms with Crippen molar-refractivity contribution in [2.75, 3.05) is 16.8 Å². The van der Waals surface area contributed by atoms with Gasteiger partial charge in [0.1, 0.15) is 5.69 Å². The fraction of sp³-hybridized carbons (Fsp3) is 0.667. The summed E-state index contributed by atoms with van der Waals surface area (Å²) >= 11 is 0. The zero-order valence-electron chi connectivity index (χ0n) is 10.4. The molecule has 0 unspecified atom stereocenters. The van der Waals surface area contributed by atoms with Crippen LogP contribution >= 0.6 is 0 Å². The van der Waals surface area contributed by atoms with Crippen LogP contribution < -0.4 is 10.2 Å². The lowest BCUT2D eigenvalue weighted by Gasteiger charge is -2.23. The van der Waals surface area contributed by atoms with Crippen LogP contribution in [0, 0.1) is 6.92 Å². The summed E-state index contributed by atoms with van der Waals surface area (Å²) in [7, 11) is 0. The highest BCUT2D eigenvalue weighted by atomic mass is 16.1. The Morgan fingerprint density at radius 2 is 2.24 bits per heavy atom. The number of carbonyl (C=O) groups excluding carboxylic acids is 1. The summed E-state index contributed by atoms with van der Waals surface area (Å²) in [6, 6.07) is 0.614. The maximum absolute atomic E-state index is 11.7. The average Bonchev–Trinajstić information content (AvgIpc) is 3.09. The van der Waals surface area contributed by atoms with Gasteiger partial charge in [0.05, 0.1) is 5.69 Å². The first-order valence-corrected chi connectivity index (χ1v) is 6.34. The van der Waals surface area contributed by atoms with Crippen LogP contribution in [0.3, 0.4) is 0 Å². The number of aromatic nitrogens is 2. The minimum Gasteiger partial charge on any atom is -0.352 e. The van der Waals surface area contributed by atoms with E-state index in [-0.39, 0.29) is 5.91 Å². The summed E-state index contributed by atoms with van der Waals surface area (Å²) in [6.45, 7) is 5.70. The lowest BCUT2D eigenvalue weighted by atomic mass is 10.3. The van der Waals surface area contributed by atoms with Crippen LogP contribution in [0.15, 0.2) is 0 Å². The molecule has 0 saturated heterocycles. The fourth-order valence-electron chi connectivity index (χ4n) is 2.50. The number of amides is 1. The van der Waals surface area contributed by atoms with Crippen LogP contribution in [0.25, 0.3) is 0 Å². The molecule has 1 aromatic rings. The number of anilines is 2. The summed E-state index contributed by atoms with van der Waals surface area (Å²) < 4.78 is 2.01. The third-order valence-electron chi connectivity index (χ3n) is 3.50. The summed E-state index contributed by atoms with van der Waals surface area (Å²) in [5, 5.41) is 7.50. The topological polar surface area (TPSA) is 50.2 Å². The minimum atomic E-state index is 0.105. The van der Waals surface area contributed by atoms with Gasteiger partial charge in [0.15, 0.2) is 5.82 Å². The Hall–Kier alpha value is -1.52. The zero-order valence-corrected chi connectivity index (χ0v) is 10.4. The quantitative estimate of drug-likeness (QED) is 0.844. The van der Waals surface area contributed by atoms with Crippen LogP contribution in [0.2, 0.25) is 0 Å². The van der Waals surface area contributed by atoms with E-state index in [0.29, 0.717) is 12.5 Å². The molecule has 1 N–H and O–H groups in total. The number of nitrogens with one attached hydrogen (secondary N) is 1. The van der Waals surface area contributed by atoms with Crippen molar-refractivity contribution in [3.63, 3.8) is 0 Å². The van der Waals surface area contributed by atoms with Gasteiger partial charge in [0, 0.05) is 25.6 Å². The summed E-state index contributed by atoms with van der Waals surface area (Å²) in [6.07, 6.45) is 3.05. The van der Waals surface area contributed by atoms with Crippen LogP contribution in [0.5, 0.6) is 0 Å². The molecule has 3 rings (SSSR count). The monoisotopic (exact) mass is 234 g/mol. The Bertz CT molecular complexity index is 461. The predicted octanol–water partition coefficient (Wildman–Crippen LogP) is 1.52. The molecule has 0 aromatic carbocycles. The first-order valence-electron chi connectivity index (χ1n) is 6.34. The van der Waals surface area contributed by atoms with Crippen LogP contribution in [-0.4, -0.2) is 28.3 Å². The normalized spacial score (nSPS) is 19.9. The van der Waals surface area contributed by atoms with Crippen molar-refractivity contribution < 1.29 is 4.79 Å². The van der Waals surface area contributed by atoms with Gasteiger partial charge in [0.2, 0.25) is 5.91 Å². The highest BCUT2D eigenvalue weighted by Crippen LogP contribution is 2.39. The second-order valence-electron chi connectivity index (χ2n) is 4.82. The van der Waals surface area contributed by atoms with Crippen molar-refractivity contribution in [1.82, 2.24) is 9.78 Å². The average molecular weight is 234 g/mol. The smallest absolute Gasteiger partial charge is 0.226 e. The lowest BCUT2D eigenvalue weighted by Crippen LogP contribution is -2.29. The molecule has 1 aliphatic heterocycles. The third-order valence-corrected chi connectivity index (χ3v) is 3.50. The number of hydrogen-bond donors (Lipinski definition) is 1. The molecule has 0 radical (unpaired) electrons. The molecule has 5 heteroatoms. The molecular weight excluding hydrogens is 216 g/mol. The molecule has 1 amide bonds. The van der Waals surface area contributed by atoms with Crippen molar-refractivity contribution in [2.24, 2.45) is 0 Å². The lowest BCUT2D eigenvalue weighted by molar-refractivity contribution is -0.115. The van der Waals surface area contributed by atoms with Crippen molar-refractivity contribution in [2.45, 2.75) is 45.7 Å². The van der Waals surface area contributed by atoms with Crippen molar-refractivity contribution in [1.29, 1.82) is 0 Å². The Balaban J connectivity index is 2.09. The van der Waals surface area contributed by atoms with E-state index in [0.717, 1.165) is 30.3 Å². The molecule has 2 heterocycles. The minimum absolute atomic E-state index is 0.105. The van der Waals surface area contributed by atoms with Gasteiger partial charge in [0.25, 0.3) is 0 Å². The molecule has 0 spiro atoms. The van der Waals surface area contributed by atoms with E-state index >= 15 is 0 Å². The standard InChI is InChI=1S/C12H18N4O/c1-3-16-12-11(8(2)14-16)13-10(17)6-7-15(12)9-4-5-9/h9H,3-7H2,1-2H3,(H,13,17). The van der Waals surface area contributed by atoms with Gasteiger partial charge >= 0.3 is 0 Å². The van der Waals surface area contributed by atoms with Gasteiger partial charge in [-0.1, -0.05) is 0 Å². The Kier molecular flexibility index (Phi) is 2.34. The van der Waals surface area contributed by atoms with Gasteiger partial charge in [-0.2, -0.15) is 5.10 Å². The van der Waals surface area contributed by atoms with E-state index in [1.165, 1.54) is 12.8 Å². The van der Waals surface area contributed by atoms with Crippen LogP contribution in [0.4, 0.5) is 11.5 Å². The van der Waals surface area contributed by atoms with Gasteiger partial charge in [-0.05, 0) is 26.7 Å². The fourth-order valence-corrected chi connectivity index (χ4v) is 2.50. The van der Waals surface area contributed by atoms with E-state index in [1.807, 2.05) is 11.6 Å². The second kappa shape index (κ2) is 3.75. The molecule has 0 atom stereocenters. The first kappa shape index (κ1) is 10.6. The van der Waals surface area contributed by atoms with Gasteiger partial charge in [-0.25, -0.2) is 4.68 Å². The molecule has 1 fully saturated rings. The number of fused-ring (bicyclic) bond motifs is 1. The van der Waals surface area contributed by atoms with Crippen LogP contribution in [-0.2, 0) is 11.3 Å². The van der Waals surface area contributed by atoms with E-state index in [4.69, 9.17) is 0 Å². The largest absolute Gasteiger partial charge is 0.352 e. The highest BCUT2D eigenvalue weighted by molar-refractivity contribution is 5.96. The SMILES string of the molecule is CCn1nc(C)c2c1N(C1CC1)CCC(=O)N2. The van der Waals surface area contributed by atoms with Crippen molar-refractivity contribution in [3.8, 4) is 0 Å². The van der Waals surface area contributed by atoms with Gasteiger partial charge in [-0.3, -0.25) is 4.79 Å². The number of rotatable bonds is 2. The molecule has 92 valence electrons. The maximum Gasteiger partial charge on any atom is 0.226 e. The van der Waals surface area contributed by atoms with Crippen LogP contribution in [0.1, 0.15) is 31.9 Å². The van der Waals surface area contributed by atoms with E-state index < -0.39 is 0 Å². The Morgan fingerprint density at radius 3 is 2.88 bits per heavy atom. The van der Waals surface area contributed by atoms with E-state index in [9.17, 15) is 4.79 Å². The van der Waals surface area contributed by atoms with Gasteiger partial charge in [-0.15, -0.1) is 0 Å². The third kappa shape index (κ3) is 1.69. The summed E-state index contributed by atoms with van der Waals surface area (Å²) in [5.74, 6) is 1.21. The van der Waals surface area contributed by atoms with E-state index in [1.54, 1.807) is 0 Å². The molecule has 1 aromatic heterocycles. The molecular formula is C12H18N4O. The zero-order chi connectivity index (χ0) is 12.0. The van der Waals surface area contributed by atoms with Gasteiger partial charge < -0.3 is 10.2 Å². The van der Waals surface area contributed by atoms with Crippen molar-refractivity contribution in [3.05, 3.63) is 5.69 Å². The molecule has 5 nitrogen and oxygen atoms in total. The molecule has 0 bridgehead atoms. The summed E-state index contributed by atoms with van der Waals surface area (Å²) in [5.41, 5.74) is 1.84. The number of hydrogen-bond acceptors (Lipinski definition) is 3. The number of aryl methyl sites for hydroxylation is 2. The highest BCUT2D eigenvalue weighted by Gasteiger charge is 2.35. The van der Waals surface area contributed by atoms with E-state index in [2.05, 4.69) is 22.2 Å². The predicted molar refractivity (Wildman–Crippen MR) is 66.3 cm³/mol.